The van der Waals surface area contributed by atoms with E-state index in [9.17, 15) is 4.79 Å². The molecule has 0 aromatic carbocycles. The maximum Gasteiger partial charge on any atom is 0.410 e. The van der Waals surface area contributed by atoms with Crippen LogP contribution in [-0.4, -0.2) is 41.2 Å². The number of nitrogens with zero attached hydrogens (tertiary/aromatic N) is 1. The van der Waals surface area contributed by atoms with E-state index in [1.54, 1.807) is 4.90 Å². The Morgan fingerprint density at radius 1 is 1.33 bits per heavy atom. The van der Waals surface area contributed by atoms with Crippen molar-refractivity contribution in [3.8, 4) is 0 Å². The van der Waals surface area contributed by atoms with Crippen molar-refractivity contribution in [1.29, 1.82) is 4.78 Å². The first-order chi connectivity index (χ1) is 6.38. The Morgan fingerprint density at radius 2 is 1.80 bits per heavy atom. The molecule has 4 nitrogen and oxygen atoms in total. The summed E-state index contributed by atoms with van der Waals surface area (Å²) in [4.78, 5) is 13.3. The molecule has 1 rings (SSSR count). The Balaban J connectivity index is 0.00000196. The zero-order valence-corrected chi connectivity index (χ0v) is 9.82. The molecule has 1 fully saturated rings. The van der Waals surface area contributed by atoms with Crippen molar-refractivity contribution in [1.82, 2.24) is 4.90 Å². The molecular weight excluding hydrogens is 212 g/mol. The van der Waals surface area contributed by atoms with Crippen LogP contribution in [0.3, 0.4) is 0 Å². The molecule has 0 atom stereocenters. The highest BCUT2D eigenvalue weighted by Crippen LogP contribution is 2.11. The summed E-state index contributed by atoms with van der Waals surface area (Å²) in [5.41, 5.74) is -0.419. The van der Waals surface area contributed by atoms with Crippen molar-refractivity contribution in [3.05, 3.63) is 0 Å². The topological polar surface area (TPSA) is 53.4 Å². The summed E-state index contributed by atoms with van der Waals surface area (Å²) in [5.74, 6) is 1.58. The molecule has 1 saturated heterocycles. The number of nitrogens with one attached hydrogen (secondary N) is 1. The van der Waals surface area contributed by atoms with Crippen molar-refractivity contribution < 1.29 is 9.53 Å². The van der Waals surface area contributed by atoms with Gasteiger partial charge in [0, 0.05) is 24.6 Å². The second-order valence-electron chi connectivity index (χ2n) is 4.37. The minimum absolute atomic E-state index is 0. The molecule has 0 spiro atoms. The lowest BCUT2D eigenvalue weighted by atomic mass is 10.2. The Hall–Kier alpha value is -0.580. The number of amides is 1. The summed E-state index contributed by atoms with van der Waals surface area (Å²) in [7, 11) is -0.250. The van der Waals surface area contributed by atoms with Gasteiger partial charge in [-0.2, -0.15) is 0 Å². The van der Waals surface area contributed by atoms with Crippen LogP contribution < -0.4 is 0 Å². The third-order valence-electron chi connectivity index (χ3n) is 1.87. The van der Waals surface area contributed by atoms with Crippen LogP contribution >= 0.6 is 0 Å². The molecule has 5 heteroatoms. The van der Waals surface area contributed by atoms with Gasteiger partial charge >= 0.3 is 6.09 Å². The largest absolute Gasteiger partial charge is 0.444 e. The van der Waals surface area contributed by atoms with Crippen LogP contribution in [0.1, 0.15) is 28.2 Å². The molecule has 0 aromatic heterocycles. The molecule has 0 aliphatic carbocycles. The second-order valence-corrected chi connectivity index (χ2v) is 6.17. The number of hydrogen-bond donors (Lipinski definition) is 1. The van der Waals surface area contributed by atoms with Crippen LogP contribution in [0, 0.1) is 4.78 Å². The second kappa shape index (κ2) is 5.49. The number of carbonyl (C=O) groups is 1. The summed E-state index contributed by atoms with van der Waals surface area (Å²) in [6.45, 7) is 6.93. The van der Waals surface area contributed by atoms with E-state index in [4.69, 9.17) is 9.52 Å². The molecule has 0 aromatic rings. The highest BCUT2D eigenvalue weighted by atomic mass is 32.2. The van der Waals surface area contributed by atoms with Gasteiger partial charge in [0.15, 0.2) is 0 Å². The summed E-state index contributed by atoms with van der Waals surface area (Å²) in [6.07, 6.45) is -0.241. The van der Waals surface area contributed by atoms with Crippen LogP contribution in [-0.2, 0) is 15.4 Å². The van der Waals surface area contributed by atoms with E-state index in [1.165, 1.54) is 0 Å². The Labute approximate surface area is 94.9 Å². The smallest absolute Gasteiger partial charge is 0.410 e. The maximum atomic E-state index is 11.6. The Kier molecular flexibility index (Phi) is 5.28. The van der Waals surface area contributed by atoms with Gasteiger partial charge in [0.25, 0.3) is 0 Å². The molecule has 1 heterocycles. The van der Waals surface area contributed by atoms with Crippen LogP contribution in [0.5, 0.6) is 0 Å². The predicted molar refractivity (Wildman–Crippen MR) is 64.4 cm³/mol. The maximum absolute atomic E-state index is 11.6. The lowest BCUT2D eigenvalue weighted by molar-refractivity contribution is 0.0269. The minimum Gasteiger partial charge on any atom is -0.444 e. The van der Waals surface area contributed by atoms with E-state index in [-0.39, 0.29) is 24.2 Å². The highest BCUT2D eigenvalue weighted by molar-refractivity contribution is 7.86. The quantitative estimate of drug-likeness (QED) is 0.699. The average Bonchev–Trinajstić information content (AvgIpc) is 2.02. The van der Waals surface area contributed by atoms with Gasteiger partial charge in [0.1, 0.15) is 5.60 Å². The standard InChI is InChI=1S/C9H18N2O2S.CH4/c1-9(2,3)13-8(12)11-4-6-14(10)7-5-11;/h10H,4-7H2,1-3H3;1H4. The van der Waals surface area contributed by atoms with Gasteiger partial charge in [-0.1, -0.05) is 7.43 Å². The number of ether oxygens (including phenoxy) is 1. The van der Waals surface area contributed by atoms with E-state index in [1.807, 2.05) is 20.8 Å². The lowest BCUT2D eigenvalue weighted by Crippen LogP contribution is -2.44. The lowest BCUT2D eigenvalue weighted by Gasteiger charge is -2.30. The molecule has 1 aliphatic heterocycles. The first-order valence-corrected chi connectivity index (χ1v) is 6.31. The fourth-order valence-corrected chi connectivity index (χ4v) is 2.25. The van der Waals surface area contributed by atoms with Crippen LogP contribution in [0.25, 0.3) is 0 Å². The summed E-state index contributed by atoms with van der Waals surface area (Å²) < 4.78 is 12.8. The SMILES string of the molecule is C.CC(C)(C)OC(=O)N1CCS(=N)CC1. The molecule has 1 amide bonds. The highest BCUT2D eigenvalue weighted by Gasteiger charge is 2.24. The monoisotopic (exact) mass is 234 g/mol. The fraction of sp³-hybridized carbons (Fsp3) is 0.900. The molecular formula is C10H22N2O2S. The van der Waals surface area contributed by atoms with Crippen molar-refractivity contribution in [2.45, 2.75) is 33.8 Å². The molecule has 15 heavy (non-hydrogen) atoms. The van der Waals surface area contributed by atoms with Gasteiger partial charge in [-0.25, -0.2) is 4.79 Å². The third kappa shape index (κ3) is 5.16. The molecule has 0 radical (unpaired) electrons. The summed E-state index contributed by atoms with van der Waals surface area (Å²) >= 11 is 0. The van der Waals surface area contributed by atoms with E-state index in [0.717, 1.165) is 11.5 Å². The number of hydrogen-bond acceptors (Lipinski definition) is 3. The first-order valence-electron chi connectivity index (χ1n) is 4.75. The van der Waals surface area contributed by atoms with Crippen LogP contribution in [0.2, 0.25) is 0 Å². The van der Waals surface area contributed by atoms with E-state index < -0.39 is 5.60 Å². The van der Waals surface area contributed by atoms with E-state index >= 15 is 0 Å². The van der Waals surface area contributed by atoms with E-state index in [0.29, 0.717) is 13.1 Å². The van der Waals surface area contributed by atoms with Crippen LogP contribution in [0.15, 0.2) is 0 Å². The molecule has 0 unspecified atom stereocenters. The van der Waals surface area contributed by atoms with Crippen molar-refractivity contribution in [2.75, 3.05) is 24.6 Å². The van der Waals surface area contributed by atoms with Crippen molar-refractivity contribution in [3.63, 3.8) is 0 Å². The summed E-state index contributed by atoms with van der Waals surface area (Å²) in [6, 6.07) is 0. The van der Waals surface area contributed by atoms with Gasteiger partial charge in [-0.3, -0.25) is 4.78 Å². The van der Waals surface area contributed by atoms with Crippen molar-refractivity contribution >= 4 is 16.8 Å². The fourth-order valence-electron chi connectivity index (χ4n) is 1.16. The average molecular weight is 234 g/mol. The predicted octanol–water partition coefficient (Wildman–Crippen LogP) is 2.25. The first kappa shape index (κ1) is 14.4. The van der Waals surface area contributed by atoms with Gasteiger partial charge in [0.2, 0.25) is 0 Å². The van der Waals surface area contributed by atoms with E-state index in [2.05, 4.69) is 0 Å². The van der Waals surface area contributed by atoms with Gasteiger partial charge in [0.05, 0.1) is 0 Å². The minimum atomic E-state index is -0.419. The number of carbonyl (C=O) groups excluding carboxylic acids is 1. The van der Waals surface area contributed by atoms with Crippen molar-refractivity contribution in [2.24, 2.45) is 0 Å². The number of rotatable bonds is 0. The Bertz CT molecular complexity index is 238. The molecule has 90 valence electrons. The summed E-state index contributed by atoms with van der Waals surface area (Å²) in [5, 5.41) is 0. The molecule has 1 N–H and O–H groups in total. The Morgan fingerprint density at radius 3 is 2.20 bits per heavy atom. The molecule has 0 saturated carbocycles. The molecule has 0 bridgehead atoms. The van der Waals surface area contributed by atoms with Crippen LogP contribution in [0.4, 0.5) is 4.79 Å². The zero-order chi connectivity index (χ0) is 10.8. The molecule has 1 aliphatic rings. The zero-order valence-electron chi connectivity index (χ0n) is 9.00. The van der Waals surface area contributed by atoms with Gasteiger partial charge in [-0.05, 0) is 20.8 Å². The third-order valence-corrected chi connectivity index (χ3v) is 3.22. The normalized spacial score (nSPS) is 18.2. The van der Waals surface area contributed by atoms with Gasteiger partial charge < -0.3 is 9.64 Å². The van der Waals surface area contributed by atoms with Gasteiger partial charge in [-0.15, -0.1) is 10.7 Å².